The number of imidazole rings is 1. The van der Waals surface area contributed by atoms with Gasteiger partial charge in [0.05, 0.1) is 19.1 Å². The first-order valence-corrected chi connectivity index (χ1v) is 5.63. The number of nitrogens with zero attached hydrogens (tertiary/aromatic N) is 5. The van der Waals surface area contributed by atoms with E-state index in [2.05, 4.69) is 20.6 Å². The van der Waals surface area contributed by atoms with Crippen LogP contribution in [0, 0.1) is 0 Å². The Bertz CT molecular complexity index is 490. The molecule has 8 heteroatoms. The number of rotatable bonds is 6. The van der Waals surface area contributed by atoms with Gasteiger partial charge in [0.15, 0.2) is 0 Å². The Morgan fingerprint density at radius 3 is 3.06 bits per heavy atom. The van der Waals surface area contributed by atoms with E-state index in [1.54, 1.807) is 34.2 Å². The van der Waals surface area contributed by atoms with Crippen LogP contribution in [0.15, 0.2) is 24.9 Å². The van der Waals surface area contributed by atoms with Crippen LogP contribution in [0.1, 0.15) is 10.5 Å². The molecular weight excluding hydrogens is 234 g/mol. The fraction of sp³-hybridized carbons (Fsp3) is 0.400. The van der Waals surface area contributed by atoms with E-state index in [4.69, 9.17) is 5.73 Å². The van der Waals surface area contributed by atoms with E-state index in [1.165, 1.54) is 0 Å². The molecule has 0 aliphatic rings. The molecule has 2 heterocycles. The molecular formula is C10H15N7O. The number of nitrogens with two attached hydrogens (primary N) is 1. The minimum Gasteiger partial charge on any atom is -0.349 e. The third kappa shape index (κ3) is 3.14. The van der Waals surface area contributed by atoms with Gasteiger partial charge in [-0.15, -0.1) is 5.10 Å². The highest BCUT2D eigenvalue weighted by molar-refractivity contribution is 5.91. The SMILES string of the molecule is NCCn1cnc(C(=O)NCCn2ccnn2)c1. The number of amides is 1. The fourth-order valence-corrected chi connectivity index (χ4v) is 1.48. The zero-order valence-corrected chi connectivity index (χ0v) is 9.86. The molecule has 0 saturated heterocycles. The molecule has 0 aromatic carbocycles. The fourth-order valence-electron chi connectivity index (χ4n) is 1.48. The zero-order chi connectivity index (χ0) is 12.8. The number of aromatic nitrogens is 5. The summed E-state index contributed by atoms with van der Waals surface area (Å²) >= 11 is 0. The summed E-state index contributed by atoms with van der Waals surface area (Å²) in [4.78, 5) is 15.7. The summed E-state index contributed by atoms with van der Waals surface area (Å²) in [7, 11) is 0. The molecule has 0 fully saturated rings. The van der Waals surface area contributed by atoms with Crippen LogP contribution in [0.3, 0.4) is 0 Å². The van der Waals surface area contributed by atoms with Crippen molar-refractivity contribution in [3.63, 3.8) is 0 Å². The van der Waals surface area contributed by atoms with Crippen molar-refractivity contribution >= 4 is 5.91 Å². The number of carbonyl (C=O) groups is 1. The summed E-state index contributed by atoms with van der Waals surface area (Å²) < 4.78 is 3.43. The number of hydrogen-bond donors (Lipinski definition) is 2. The summed E-state index contributed by atoms with van der Waals surface area (Å²) in [6.07, 6.45) is 6.61. The van der Waals surface area contributed by atoms with Crippen LogP contribution in [0.4, 0.5) is 0 Å². The second-order valence-corrected chi connectivity index (χ2v) is 3.71. The first-order valence-electron chi connectivity index (χ1n) is 5.63. The van der Waals surface area contributed by atoms with Gasteiger partial charge in [0.2, 0.25) is 0 Å². The van der Waals surface area contributed by atoms with Gasteiger partial charge in [0.25, 0.3) is 5.91 Å². The highest BCUT2D eigenvalue weighted by Gasteiger charge is 2.08. The highest BCUT2D eigenvalue weighted by atomic mass is 16.1. The van der Waals surface area contributed by atoms with E-state index in [-0.39, 0.29) is 5.91 Å². The predicted molar refractivity (Wildman–Crippen MR) is 63.6 cm³/mol. The van der Waals surface area contributed by atoms with Gasteiger partial charge in [-0.3, -0.25) is 9.48 Å². The molecule has 0 saturated carbocycles. The van der Waals surface area contributed by atoms with Crippen molar-refractivity contribution in [2.24, 2.45) is 5.73 Å². The van der Waals surface area contributed by atoms with Crippen molar-refractivity contribution in [3.05, 3.63) is 30.6 Å². The first kappa shape index (κ1) is 12.2. The van der Waals surface area contributed by atoms with Gasteiger partial charge in [0, 0.05) is 32.0 Å². The van der Waals surface area contributed by atoms with Gasteiger partial charge in [-0.05, 0) is 0 Å². The average molecular weight is 249 g/mol. The molecule has 8 nitrogen and oxygen atoms in total. The predicted octanol–water partition coefficient (Wildman–Crippen LogP) is -1.14. The highest BCUT2D eigenvalue weighted by Crippen LogP contribution is 1.95. The third-order valence-corrected chi connectivity index (χ3v) is 2.35. The molecule has 1 amide bonds. The molecule has 2 aromatic heterocycles. The van der Waals surface area contributed by atoms with E-state index in [9.17, 15) is 4.79 Å². The summed E-state index contributed by atoms with van der Waals surface area (Å²) in [6, 6.07) is 0. The Hall–Kier alpha value is -2.22. The van der Waals surface area contributed by atoms with Crippen molar-refractivity contribution in [1.29, 1.82) is 0 Å². The summed E-state index contributed by atoms with van der Waals surface area (Å²) in [6.45, 7) is 2.23. The molecule has 0 atom stereocenters. The van der Waals surface area contributed by atoms with Crippen LogP contribution >= 0.6 is 0 Å². The van der Waals surface area contributed by atoms with Crippen LogP contribution in [-0.4, -0.2) is 43.5 Å². The normalized spacial score (nSPS) is 10.5. The molecule has 0 aliphatic heterocycles. The van der Waals surface area contributed by atoms with Crippen molar-refractivity contribution in [2.75, 3.05) is 13.1 Å². The van der Waals surface area contributed by atoms with Crippen LogP contribution in [0.2, 0.25) is 0 Å². The van der Waals surface area contributed by atoms with E-state index < -0.39 is 0 Å². The van der Waals surface area contributed by atoms with Gasteiger partial charge in [-0.1, -0.05) is 5.21 Å². The van der Waals surface area contributed by atoms with Gasteiger partial charge in [0.1, 0.15) is 5.69 Å². The second-order valence-electron chi connectivity index (χ2n) is 3.71. The lowest BCUT2D eigenvalue weighted by molar-refractivity contribution is 0.0947. The maximum absolute atomic E-state index is 11.7. The van der Waals surface area contributed by atoms with Gasteiger partial charge in [-0.25, -0.2) is 4.98 Å². The average Bonchev–Trinajstić information content (AvgIpc) is 3.00. The second kappa shape index (κ2) is 5.92. The molecule has 2 rings (SSSR count). The topological polar surface area (TPSA) is 104 Å². The van der Waals surface area contributed by atoms with Crippen molar-refractivity contribution in [3.8, 4) is 0 Å². The molecule has 0 bridgehead atoms. The molecule has 0 radical (unpaired) electrons. The quantitative estimate of drug-likeness (QED) is 0.673. The minimum absolute atomic E-state index is 0.203. The minimum atomic E-state index is -0.203. The number of nitrogens with one attached hydrogen (secondary N) is 1. The van der Waals surface area contributed by atoms with E-state index in [0.717, 1.165) is 0 Å². The lowest BCUT2D eigenvalue weighted by Gasteiger charge is -2.02. The summed E-state index contributed by atoms with van der Waals surface area (Å²) in [5.74, 6) is -0.203. The molecule has 2 aromatic rings. The summed E-state index contributed by atoms with van der Waals surface area (Å²) in [5, 5.41) is 10.2. The Kier molecular flexibility index (Phi) is 4.02. The molecule has 18 heavy (non-hydrogen) atoms. The Balaban J connectivity index is 1.80. The Morgan fingerprint density at radius 2 is 2.33 bits per heavy atom. The summed E-state index contributed by atoms with van der Waals surface area (Å²) in [5.41, 5.74) is 5.81. The van der Waals surface area contributed by atoms with Crippen molar-refractivity contribution in [2.45, 2.75) is 13.1 Å². The smallest absolute Gasteiger partial charge is 0.271 e. The number of carbonyl (C=O) groups excluding carboxylic acids is 1. The van der Waals surface area contributed by atoms with Crippen molar-refractivity contribution in [1.82, 2.24) is 29.9 Å². The van der Waals surface area contributed by atoms with Gasteiger partial charge < -0.3 is 15.6 Å². The molecule has 0 spiro atoms. The molecule has 0 aliphatic carbocycles. The molecule has 0 unspecified atom stereocenters. The lowest BCUT2D eigenvalue weighted by Crippen LogP contribution is -2.27. The molecule has 3 N–H and O–H groups in total. The maximum atomic E-state index is 11.7. The molecule has 96 valence electrons. The van der Waals surface area contributed by atoms with Crippen LogP contribution in [0.25, 0.3) is 0 Å². The largest absolute Gasteiger partial charge is 0.349 e. The standard InChI is InChI=1S/C10H15N7O/c11-1-4-16-7-9(13-8-16)10(18)12-2-5-17-6-3-14-15-17/h3,6-8H,1-2,4-5,11H2,(H,12,18). The van der Waals surface area contributed by atoms with Crippen molar-refractivity contribution < 1.29 is 4.79 Å². The van der Waals surface area contributed by atoms with Crippen LogP contribution in [0.5, 0.6) is 0 Å². The van der Waals surface area contributed by atoms with E-state index in [1.807, 2.05) is 0 Å². The van der Waals surface area contributed by atoms with Crippen LogP contribution in [-0.2, 0) is 13.1 Å². The Labute approximate surface area is 104 Å². The monoisotopic (exact) mass is 249 g/mol. The van der Waals surface area contributed by atoms with Gasteiger partial charge >= 0.3 is 0 Å². The van der Waals surface area contributed by atoms with Gasteiger partial charge in [-0.2, -0.15) is 0 Å². The third-order valence-electron chi connectivity index (χ3n) is 2.35. The van der Waals surface area contributed by atoms with E-state index >= 15 is 0 Å². The lowest BCUT2D eigenvalue weighted by atomic mass is 10.4. The Morgan fingerprint density at radius 1 is 1.44 bits per heavy atom. The van der Waals surface area contributed by atoms with E-state index in [0.29, 0.717) is 31.9 Å². The number of hydrogen-bond acceptors (Lipinski definition) is 5. The first-order chi connectivity index (χ1) is 8.79. The maximum Gasteiger partial charge on any atom is 0.271 e. The van der Waals surface area contributed by atoms with Crippen LogP contribution < -0.4 is 11.1 Å². The zero-order valence-electron chi connectivity index (χ0n) is 9.86.